The van der Waals surface area contributed by atoms with Crippen LogP contribution in [0, 0.1) is 0 Å². The van der Waals surface area contributed by atoms with Crippen LogP contribution in [0.4, 0.5) is 5.95 Å². The Morgan fingerprint density at radius 2 is 2.10 bits per heavy atom. The maximum Gasteiger partial charge on any atom is 0.270 e. The molecule has 0 unspecified atom stereocenters. The molecule has 7 heteroatoms. The van der Waals surface area contributed by atoms with Crippen LogP contribution >= 0.6 is 11.6 Å². The summed E-state index contributed by atoms with van der Waals surface area (Å²) < 4.78 is 0. The molecule has 21 heavy (non-hydrogen) atoms. The van der Waals surface area contributed by atoms with E-state index >= 15 is 0 Å². The number of hydrogen-bond donors (Lipinski definition) is 2. The molecule has 3 rings (SSSR count). The molecular formula is C14H14ClN5O. The molecule has 0 aliphatic carbocycles. The summed E-state index contributed by atoms with van der Waals surface area (Å²) in [5.41, 5.74) is 2.39. The first kappa shape index (κ1) is 13.8. The van der Waals surface area contributed by atoms with Crippen LogP contribution < -0.4 is 10.6 Å². The monoisotopic (exact) mass is 303 g/mol. The van der Waals surface area contributed by atoms with E-state index in [1.165, 1.54) is 6.20 Å². The first-order chi connectivity index (χ1) is 10.0. The summed E-state index contributed by atoms with van der Waals surface area (Å²) in [6.45, 7) is 4.50. The molecule has 0 fully saturated rings. The van der Waals surface area contributed by atoms with Gasteiger partial charge in [-0.2, -0.15) is 0 Å². The largest absolute Gasteiger partial charge is 0.352 e. The predicted octanol–water partition coefficient (Wildman–Crippen LogP) is 2.26. The van der Waals surface area contributed by atoms with Crippen molar-refractivity contribution in [2.75, 3.05) is 5.32 Å². The summed E-state index contributed by atoms with van der Waals surface area (Å²) in [4.78, 5) is 24.6. The van der Waals surface area contributed by atoms with E-state index in [1.54, 1.807) is 0 Å². The average molecular weight is 304 g/mol. The van der Waals surface area contributed by atoms with Crippen LogP contribution in [-0.4, -0.2) is 26.9 Å². The number of fused-ring (bicyclic) bond motifs is 1. The van der Waals surface area contributed by atoms with Crippen LogP contribution in [0.3, 0.4) is 0 Å². The van der Waals surface area contributed by atoms with E-state index in [4.69, 9.17) is 11.6 Å². The van der Waals surface area contributed by atoms with Gasteiger partial charge in [-0.1, -0.05) is 17.7 Å². The van der Waals surface area contributed by atoms with Crippen LogP contribution in [0.15, 0.2) is 18.3 Å². The van der Waals surface area contributed by atoms with Gasteiger partial charge in [-0.15, -0.1) is 0 Å². The number of rotatable bonds is 3. The zero-order chi connectivity index (χ0) is 15.0. The van der Waals surface area contributed by atoms with Crippen LogP contribution in [0.2, 0.25) is 5.02 Å². The van der Waals surface area contributed by atoms with Crippen molar-refractivity contribution in [2.45, 2.75) is 26.4 Å². The minimum absolute atomic E-state index is 0.169. The molecule has 108 valence electrons. The summed E-state index contributed by atoms with van der Waals surface area (Å²) >= 11 is 6.16. The van der Waals surface area contributed by atoms with E-state index in [1.807, 2.05) is 26.0 Å². The molecule has 1 amide bonds. The molecule has 0 saturated heterocycles. The van der Waals surface area contributed by atoms with Crippen LogP contribution in [0.1, 0.15) is 29.9 Å². The van der Waals surface area contributed by atoms with Gasteiger partial charge in [0.1, 0.15) is 11.4 Å². The van der Waals surface area contributed by atoms with E-state index in [-0.39, 0.29) is 11.9 Å². The van der Waals surface area contributed by atoms with Gasteiger partial charge in [0.15, 0.2) is 0 Å². The van der Waals surface area contributed by atoms with Crippen molar-refractivity contribution in [1.29, 1.82) is 0 Å². The van der Waals surface area contributed by atoms with Crippen molar-refractivity contribution in [3.8, 4) is 11.4 Å². The number of anilines is 1. The van der Waals surface area contributed by atoms with Gasteiger partial charge >= 0.3 is 0 Å². The zero-order valence-electron chi connectivity index (χ0n) is 11.6. The van der Waals surface area contributed by atoms with Crippen molar-refractivity contribution in [3.05, 3.63) is 34.6 Å². The van der Waals surface area contributed by atoms with Crippen LogP contribution in [-0.2, 0) is 6.54 Å². The van der Waals surface area contributed by atoms with E-state index < -0.39 is 0 Å². The molecule has 0 spiro atoms. The van der Waals surface area contributed by atoms with Gasteiger partial charge in [0.25, 0.3) is 5.91 Å². The third-order valence-corrected chi connectivity index (χ3v) is 3.31. The highest BCUT2D eigenvalue weighted by atomic mass is 35.5. The highest BCUT2D eigenvalue weighted by Gasteiger charge is 2.22. The fourth-order valence-corrected chi connectivity index (χ4v) is 2.28. The lowest BCUT2D eigenvalue weighted by Gasteiger charge is -2.10. The Morgan fingerprint density at radius 1 is 1.29 bits per heavy atom. The number of aromatic nitrogens is 3. The minimum Gasteiger partial charge on any atom is -0.352 e. The Balaban J connectivity index is 2.04. The van der Waals surface area contributed by atoms with Gasteiger partial charge in [-0.25, -0.2) is 15.0 Å². The van der Waals surface area contributed by atoms with E-state index in [0.29, 0.717) is 34.6 Å². The normalized spacial score (nSPS) is 13.2. The third-order valence-electron chi connectivity index (χ3n) is 3.04. The molecule has 6 nitrogen and oxygen atoms in total. The van der Waals surface area contributed by atoms with Crippen LogP contribution in [0.25, 0.3) is 11.4 Å². The second kappa shape index (κ2) is 5.29. The van der Waals surface area contributed by atoms with Crippen LogP contribution in [0.5, 0.6) is 0 Å². The fourth-order valence-electron chi connectivity index (χ4n) is 2.09. The number of pyridine rings is 1. The standard InChI is InChI=1S/C14H14ClN5O/c1-7(2)18-14-17-6-9(15)12(20-14)10-4-3-8-5-16-13(21)11(8)19-10/h3-4,6-7H,5H2,1-2H3,(H,16,21)(H,17,18,20). The van der Waals surface area contributed by atoms with Gasteiger partial charge in [0.2, 0.25) is 5.95 Å². The van der Waals surface area contributed by atoms with Gasteiger partial charge in [-0.3, -0.25) is 4.79 Å². The topological polar surface area (TPSA) is 79.8 Å². The Morgan fingerprint density at radius 3 is 2.86 bits per heavy atom. The van der Waals surface area contributed by atoms with Gasteiger partial charge in [0.05, 0.1) is 16.9 Å². The van der Waals surface area contributed by atoms with Crippen molar-refractivity contribution >= 4 is 23.5 Å². The Bertz CT molecular complexity index is 717. The summed E-state index contributed by atoms with van der Waals surface area (Å²) in [5.74, 6) is 0.314. The molecule has 2 N–H and O–H groups in total. The number of nitrogens with zero attached hydrogens (tertiary/aromatic N) is 3. The number of carbonyl (C=O) groups is 1. The van der Waals surface area contributed by atoms with E-state index in [9.17, 15) is 4.79 Å². The minimum atomic E-state index is -0.169. The SMILES string of the molecule is CC(C)Nc1ncc(Cl)c(-c2ccc3c(n2)C(=O)NC3)n1. The summed E-state index contributed by atoms with van der Waals surface area (Å²) in [5, 5.41) is 6.25. The average Bonchev–Trinajstić information content (AvgIpc) is 2.82. The third kappa shape index (κ3) is 2.67. The van der Waals surface area contributed by atoms with E-state index in [2.05, 4.69) is 25.6 Å². The quantitative estimate of drug-likeness (QED) is 0.909. The molecule has 2 aromatic rings. The second-order valence-corrected chi connectivity index (χ2v) is 5.48. The fraction of sp³-hybridized carbons (Fsp3) is 0.286. The Hall–Kier alpha value is -2.21. The summed E-state index contributed by atoms with van der Waals surface area (Å²) in [6, 6.07) is 3.88. The lowest BCUT2D eigenvalue weighted by atomic mass is 10.2. The molecule has 3 heterocycles. The lowest BCUT2D eigenvalue weighted by molar-refractivity contribution is 0.0961. The maximum atomic E-state index is 11.7. The molecule has 0 bridgehead atoms. The Labute approximate surface area is 127 Å². The van der Waals surface area contributed by atoms with Crippen molar-refractivity contribution in [1.82, 2.24) is 20.3 Å². The van der Waals surface area contributed by atoms with Gasteiger partial charge in [-0.05, 0) is 19.9 Å². The predicted molar refractivity (Wildman–Crippen MR) is 80.2 cm³/mol. The number of nitrogens with one attached hydrogen (secondary N) is 2. The van der Waals surface area contributed by atoms with Crippen molar-refractivity contribution < 1.29 is 4.79 Å². The molecule has 0 aromatic carbocycles. The molecule has 0 radical (unpaired) electrons. The molecule has 1 aliphatic heterocycles. The molecule has 0 saturated carbocycles. The number of hydrogen-bond acceptors (Lipinski definition) is 5. The summed E-state index contributed by atoms with van der Waals surface area (Å²) in [7, 11) is 0. The highest BCUT2D eigenvalue weighted by molar-refractivity contribution is 6.32. The smallest absolute Gasteiger partial charge is 0.270 e. The number of halogens is 1. The first-order valence-corrected chi connectivity index (χ1v) is 7.00. The number of amides is 1. The zero-order valence-corrected chi connectivity index (χ0v) is 12.4. The summed E-state index contributed by atoms with van der Waals surface area (Å²) in [6.07, 6.45) is 1.53. The molecule has 0 atom stereocenters. The first-order valence-electron chi connectivity index (χ1n) is 6.62. The lowest BCUT2D eigenvalue weighted by Crippen LogP contribution is -2.14. The van der Waals surface area contributed by atoms with Gasteiger partial charge in [0, 0.05) is 18.2 Å². The van der Waals surface area contributed by atoms with Gasteiger partial charge < -0.3 is 10.6 Å². The van der Waals surface area contributed by atoms with Crippen molar-refractivity contribution in [2.24, 2.45) is 0 Å². The van der Waals surface area contributed by atoms with E-state index in [0.717, 1.165) is 5.56 Å². The molecule has 1 aliphatic rings. The Kier molecular flexibility index (Phi) is 3.47. The maximum absolute atomic E-state index is 11.7. The number of carbonyl (C=O) groups excluding carboxylic acids is 1. The molecular weight excluding hydrogens is 290 g/mol. The van der Waals surface area contributed by atoms with Crippen molar-refractivity contribution in [3.63, 3.8) is 0 Å². The highest BCUT2D eigenvalue weighted by Crippen LogP contribution is 2.26. The second-order valence-electron chi connectivity index (χ2n) is 5.08. The molecule has 2 aromatic heterocycles.